The van der Waals surface area contributed by atoms with Gasteiger partial charge in [0, 0.05) is 5.39 Å². The number of benzene rings is 1. The van der Waals surface area contributed by atoms with Crippen molar-refractivity contribution < 1.29 is 0 Å². The molecule has 0 aliphatic heterocycles. The number of hydrogen-bond acceptors (Lipinski definition) is 1. The second-order valence-corrected chi connectivity index (χ2v) is 3.74. The van der Waals surface area contributed by atoms with E-state index in [9.17, 15) is 0 Å². The van der Waals surface area contributed by atoms with Crippen molar-refractivity contribution in [3.63, 3.8) is 0 Å². The highest BCUT2D eigenvalue weighted by atomic mass is 79.9. The molecule has 0 aliphatic rings. The van der Waals surface area contributed by atoms with Crippen molar-refractivity contribution in [2.75, 3.05) is 0 Å². The quantitative estimate of drug-likeness (QED) is 0.690. The molecule has 13 heavy (non-hydrogen) atoms. The third-order valence-corrected chi connectivity index (χ3v) is 2.82. The molecule has 1 aromatic carbocycles. The lowest BCUT2D eigenvalue weighted by Gasteiger charge is -2.02. The molecule has 66 valence electrons. The Morgan fingerprint density at radius 1 is 1.31 bits per heavy atom. The molecule has 0 amide bonds. The minimum atomic E-state index is 0.966. The first-order valence-electron chi connectivity index (χ1n) is 4.35. The zero-order valence-electron chi connectivity index (χ0n) is 7.42. The lowest BCUT2D eigenvalue weighted by Crippen LogP contribution is -1.87. The maximum Gasteiger partial charge on any atom is 0.110 e. The van der Waals surface area contributed by atoms with Gasteiger partial charge in [-0.15, -0.1) is 0 Å². The fourth-order valence-electron chi connectivity index (χ4n) is 1.38. The van der Waals surface area contributed by atoms with Crippen molar-refractivity contribution in [2.45, 2.75) is 13.3 Å². The fraction of sp³-hybridized carbons (Fsp3) is 0.182. The monoisotopic (exact) mass is 235 g/mol. The molecule has 0 unspecified atom stereocenters. The second-order valence-electron chi connectivity index (χ2n) is 2.98. The summed E-state index contributed by atoms with van der Waals surface area (Å²) in [5, 5.41) is 1.21. The van der Waals surface area contributed by atoms with Crippen molar-refractivity contribution in [1.29, 1.82) is 0 Å². The summed E-state index contributed by atoms with van der Waals surface area (Å²) in [6, 6.07) is 10.4. The molecule has 0 saturated carbocycles. The highest BCUT2D eigenvalue weighted by molar-refractivity contribution is 9.10. The molecular weight excluding hydrogens is 226 g/mol. The van der Waals surface area contributed by atoms with Crippen LogP contribution >= 0.6 is 15.9 Å². The number of para-hydroxylation sites is 1. The van der Waals surface area contributed by atoms with Crippen molar-refractivity contribution in [1.82, 2.24) is 4.98 Å². The number of aryl methyl sites for hydroxylation is 1. The number of nitrogens with zero attached hydrogens (tertiary/aromatic N) is 1. The van der Waals surface area contributed by atoms with Crippen LogP contribution in [0.4, 0.5) is 0 Å². The van der Waals surface area contributed by atoms with Gasteiger partial charge in [-0.3, -0.25) is 0 Å². The minimum absolute atomic E-state index is 0.966. The molecule has 0 spiro atoms. The molecule has 0 fully saturated rings. The van der Waals surface area contributed by atoms with E-state index in [0.29, 0.717) is 0 Å². The van der Waals surface area contributed by atoms with Gasteiger partial charge in [0.25, 0.3) is 0 Å². The molecule has 0 saturated heterocycles. The van der Waals surface area contributed by atoms with Gasteiger partial charge in [0.1, 0.15) is 4.60 Å². The Balaban J connectivity index is 2.74. The van der Waals surface area contributed by atoms with Gasteiger partial charge in [-0.25, -0.2) is 4.98 Å². The van der Waals surface area contributed by atoms with Crippen LogP contribution in [0.3, 0.4) is 0 Å². The zero-order chi connectivity index (χ0) is 9.26. The first kappa shape index (κ1) is 8.70. The molecule has 0 radical (unpaired) electrons. The average molecular weight is 236 g/mol. The first-order chi connectivity index (χ1) is 6.31. The molecule has 2 heteroatoms. The Hall–Kier alpha value is -0.890. The van der Waals surface area contributed by atoms with E-state index in [-0.39, 0.29) is 0 Å². The summed E-state index contributed by atoms with van der Waals surface area (Å²) in [5.41, 5.74) is 2.31. The molecule has 1 nitrogen and oxygen atoms in total. The number of aromatic nitrogens is 1. The van der Waals surface area contributed by atoms with Crippen LogP contribution in [-0.2, 0) is 6.42 Å². The predicted molar refractivity (Wildman–Crippen MR) is 58.8 cm³/mol. The third kappa shape index (κ3) is 1.59. The Morgan fingerprint density at radius 2 is 2.08 bits per heavy atom. The van der Waals surface area contributed by atoms with E-state index < -0.39 is 0 Å². The van der Waals surface area contributed by atoms with Gasteiger partial charge in [0.2, 0.25) is 0 Å². The Labute approximate surface area is 85.9 Å². The van der Waals surface area contributed by atoms with Crippen LogP contribution in [0.5, 0.6) is 0 Å². The highest BCUT2D eigenvalue weighted by Crippen LogP contribution is 2.20. The third-order valence-electron chi connectivity index (χ3n) is 2.13. The van der Waals surface area contributed by atoms with Gasteiger partial charge in [0.05, 0.1) is 5.52 Å². The smallest absolute Gasteiger partial charge is 0.110 e. The Morgan fingerprint density at radius 3 is 2.85 bits per heavy atom. The highest BCUT2D eigenvalue weighted by Gasteiger charge is 2.01. The number of pyridine rings is 1. The Kier molecular flexibility index (Phi) is 2.32. The van der Waals surface area contributed by atoms with Crippen LogP contribution in [-0.4, -0.2) is 4.98 Å². The van der Waals surface area contributed by atoms with Gasteiger partial charge in [-0.05, 0) is 40.0 Å². The van der Waals surface area contributed by atoms with Gasteiger partial charge in [-0.2, -0.15) is 0 Å². The topological polar surface area (TPSA) is 12.9 Å². The number of fused-ring (bicyclic) bond motifs is 1. The maximum atomic E-state index is 4.46. The molecule has 0 bridgehead atoms. The standard InChI is InChI=1S/C11H10BrN/c1-2-8-7-9-5-3-4-6-10(9)13-11(8)12/h3-7H,2H2,1H3. The van der Waals surface area contributed by atoms with E-state index >= 15 is 0 Å². The number of rotatable bonds is 1. The van der Waals surface area contributed by atoms with Crippen LogP contribution in [0, 0.1) is 0 Å². The van der Waals surface area contributed by atoms with Crippen LogP contribution in [0.1, 0.15) is 12.5 Å². The molecular formula is C11H10BrN. The van der Waals surface area contributed by atoms with E-state index in [1.54, 1.807) is 0 Å². The number of halogens is 1. The predicted octanol–water partition coefficient (Wildman–Crippen LogP) is 3.56. The Bertz CT molecular complexity index is 437. The molecule has 0 aliphatic carbocycles. The minimum Gasteiger partial charge on any atom is -0.241 e. The molecule has 2 aromatic rings. The lowest BCUT2D eigenvalue weighted by molar-refractivity contribution is 1.10. The summed E-state index contributed by atoms with van der Waals surface area (Å²) < 4.78 is 0.966. The van der Waals surface area contributed by atoms with Gasteiger partial charge < -0.3 is 0 Å². The van der Waals surface area contributed by atoms with Crippen LogP contribution in [0.2, 0.25) is 0 Å². The maximum absolute atomic E-state index is 4.46. The van der Waals surface area contributed by atoms with Gasteiger partial charge in [-0.1, -0.05) is 25.1 Å². The molecule has 1 heterocycles. The SMILES string of the molecule is CCc1cc2ccccc2nc1Br. The molecule has 0 N–H and O–H groups in total. The van der Waals surface area contributed by atoms with E-state index in [1.165, 1.54) is 10.9 Å². The van der Waals surface area contributed by atoms with Crippen LogP contribution < -0.4 is 0 Å². The molecule has 0 atom stereocenters. The zero-order valence-corrected chi connectivity index (χ0v) is 9.01. The second kappa shape index (κ2) is 3.46. The van der Waals surface area contributed by atoms with Crippen LogP contribution in [0.15, 0.2) is 34.9 Å². The summed E-state index contributed by atoms with van der Waals surface area (Å²) in [5.74, 6) is 0. The van der Waals surface area contributed by atoms with Crippen molar-refractivity contribution in [2.24, 2.45) is 0 Å². The summed E-state index contributed by atoms with van der Waals surface area (Å²) in [4.78, 5) is 4.46. The van der Waals surface area contributed by atoms with Crippen molar-refractivity contribution in [3.8, 4) is 0 Å². The fourth-order valence-corrected chi connectivity index (χ4v) is 1.97. The summed E-state index contributed by atoms with van der Waals surface area (Å²) in [6.07, 6.45) is 1.01. The van der Waals surface area contributed by atoms with E-state index in [0.717, 1.165) is 16.5 Å². The van der Waals surface area contributed by atoms with Gasteiger partial charge >= 0.3 is 0 Å². The molecule has 2 rings (SSSR count). The van der Waals surface area contributed by atoms with Crippen molar-refractivity contribution in [3.05, 3.63) is 40.5 Å². The normalized spacial score (nSPS) is 10.6. The average Bonchev–Trinajstić information content (AvgIpc) is 2.17. The first-order valence-corrected chi connectivity index (χ1v) is 5.14. The van der Waals surface area contributed by atoms with E-state index in [1.807, 2.05) is 18.2 Å². The molecule has 1 aromatic heterocycles. The lowest BCUT2D eigenvalue weighted by atomic mass is 10.1. The van der Waals surface area contributed by atoms with E-state index in [4.69, 9.17) is 0 Å². The largest absolute Gasteiger partial charge is 0.241 e. The number of hydrogen-bond donors (Lipinski definition) is 0. The van der Waals surface area contributed by atoms with Crippen molar-refractivity contribution >= 4 is 26.8 Å². The van der Waals surface area contributed by atoms with Crippen LogP contribution in [0.25, 0.3) is 10.9 Å². The summed E-state index contributed by atoms with van der Waals surface area (Å²) in [7, 11) is 0. The summed E-state index contributed by atoms with van der Waals surface area (Å²) >= 11 is 3.47. The van der Waals surface area contributed by atoms with Gasteiger partial charge in [0.15, 0.2) is 0 Å². The van der Waals surface area contributed by atoms with E-state index in [2.05, 4.69) is 40.0 Å². The summed E-state index contributed by atoms with van der Waals surface area (Å²) in [6.45, 7) is 2.14.